The molecular formula is C7H15NO2. The standard InChI is InChI=1S/C7H15NO2/c1-6(8-3)4-7(2)10-5-9/h5-8H,4H2,1-3H3. The summed E-state index contributed by atoms with van der Waals surface area (Å²) in [6, 6.07) is 0.398. The second-order valence-electron chi connectivity index (χ2n) is 2.47. The molecule has 0 amide bonds. The number of hydrogen-bond donors (Lipinski definition) is 1. The van der Waals surface area contributed by atoms with Crippen LogP contribution < -0.4 is 5.32 Å². The highest BCUT2D eigenvalue weighted by Gasteiger charge is 2.05. The summed E-state index contributed by atoms with van der Waals surface area (Å²) in [5.41, 5.74) is 0. The van der Waals surface area contributed by atoms with E-state index in [1.165, 1.54) is 0 Å². The normalized spacial score (nSPS) is 15.9. The summed E-state index contributed by atoms with van der Waals surface area (Å²) in [5, 5.41) is 3.06. The van der Waals surface area contributed by atoms with Crippen LogP contribution in [0.2, 0.25) is 0 Å². The molecule has 0 rings (SSSR count). The van der Waals surface area contributed by atoms with Gasteiger partial charge in [0, 0.05) is 6.04 Å². The highest BCUT2D eigenvalue weighted by Crippen LogP contribution is 1.99. The molecule has 3 heteroatoms. The highest BCUT2D eigenvalue weighted by molar-refractivity contribution is 5.37. The minimum Gasteiger partial charge on any atom is -0.465 e. The van der Waals surface area contributed by atoms with Gasteiger partial charge in [-0.3, -0.25) is 4.79 Å². The van der Waals surface area contributed by atoms with Crippen LogP contribution in [0.25, 0.3) is 0 Å². The van der Waals surface area contributed by atoms with Crippen LogP contribution in [-0.2, 0) is 9.53 Å². The molecule has 0 saturated heterocycles. The van der Waals surface area contributed by atoms with Crippen molar-refractivity contribution in [1.82, 2.24) is 5.32 Å². The van der Waals surface area contributed by atoms with Crippen LogP contribution in [0.4, 0.5) is 0 Å². The topological polar surface area (TPSA) is 38.3 Å². The molecule has 3 nitrogen and oxygen atoms in total. The molecule has 0 aromatic rings. The summed E-state index contributed by atoms with van der Waals surface area (Å²) in [7, 11) is 1.89. The van der Waals surface area contributed by atoms with Crippen molar-refractivity contribution in [1.29, 1.82) is 0 Å². The summed E-state index contributed by atoms with van der Waals surface area (Å²) in [6.07, 6.45) is 0.870. The van der Waals surface area contributed by atoms with E-state index in [9.17, 15) is 4.79 Å². The minimum atomic E-state index is 0.0138. The van der Waals surface area contributed by atoms with Gasteiger partial charge in [0.25, 0.3) is 6.47 Å². The quantitative estimate of drug-likeness (QED) is 0.574. The average molecular weight is 145 g/mol. The van der Waals surface area contributed by atoms with Crippen molar-refractivity contribution in [2.45, 2.75) is 32.4 Å². The molecule has 0 bridgehead atoms. The maximum atomic E-state index is 9.84. The van der Waals surface area contributed by atoms with E-state index in [-0.39, 0.29) is 6.10 Å². The van der Waals surface area contributed by atoms with E-state index >= 15 is 0 Å². The fourth-order valence-corrected chi connectivity index (χ4v) is 0.766. The van der Waals surface area contributed by atoms with Crippen LogP contribution in [0.3, 0.4) is 0 Å². The Morgan fingerprint density at radius 2 is 2.20 bits per heavy atom. The molecule has 0 saturated carbocycles. The summed E-state index contributed by atoms with van der Waals surface area (Å²) < 4.78 is 4.69. The number of rotatable bonds is 5. The van der Waals surface area contributed by atoms with Crippen LogP contribution in [-0.4, -0.2) is 25.7 Å². The van der Waals surface area contributed by atoms with Gasteiger partial charge in [0.2, 0.25) is 0 Å². The van der Waals surface area contributed by atoms with Crippen molar-refractivity contribution >= 4 is 6.47 Å². The van der Waals surface area contributed by atoms with E-state index in [1.54, 1.807) is 0 Å². The molecule has 1 N–H and O–H groups in total. The number of hydrogen-bond acceptors (Lipinski definition) is 3. The smallest absolute Gasteiger partial charge is 0.293 e. The molecule has 0 fully saturated rings. The Balaban J connectivity index is 3.35. The van der Waals surface area contributed by atoms with Crippen LogP contribution >= 0.6 is 0 Å². The average Bonchev–Trinajstić information content (AvgIpc) is 1.88. The van der Waals surface area contributed by atoms with E-state index in [4.69, 9.17) is 4.74 Å². The molecule has 0 aliphatic heterocycles. The Kier molecular flexibility index (Phi) is 4.94. The summed E-state index contributed by atoms with van der Waals surface area (Å²) in [6.45, 7) is 4.42. The molecular weight excluding hydrogens is 130 g/mol. The highest BCUT2D eigenvalue weighted by atomic mass is 16.5. The van der Waals surface area contributed by atoms with Crippen molar-refractivity contribution in [3.63, 3.8) is 0 Å². The Labute approximate surface area is 61.8 Å². The van der Waals surface area contributed by atoms with E-state index in [1.807, 2.05) is 20.9 Å². The first-order valence-electron chi connectivity index (χ1n) is 3.47. The predicted molar refractivity (Wildman–Crippen MR) is 39.7 cm³/mol. The predicted octanol–water partition coefficient (Wildman–Crippen LogP) is 0.546. The molecule has 2 unspecified atom stereocenters. The zero-order valence-corrected chi connectivity index (χ0v) is 6.76. The van der Waals surface area contributed by atoms with Crippen molar-refractivity contribution in [2.24, 2.45) is 0 Å². The van der Waals surface area contributed by atoms with Crippen LogP contribution in [0, 0.1) is 0 Å². The molecule has 0 aliphatic carbocycles. The number of ether oxygens (including phenoxy) is 1. The molecule has 0 spiro atoms. The third-order valence-electron chi connectivity index (χ3n) is 1.47. The Morgan fingerprint density at radius 1 is 1.60 bits per heavy atom. The second kappa shape index (κ2) is 5.23. The molecule has 0 aromatic heterocycles. The lowest BCUT2D eigenvalue weighted by Crippen LogP contribution is -2.26. The van der Waals surface area contributed by atoms with E-state index in [0.717, 1.165) is 6.42 Å². The first kappa shape index (κ1) is 9.43. The fourth-order valence-electron chi connectivity index (χ4n) is 0.766. The van der Waals surface area contributed by atoms with E-state index in [0.29, 0.717) is 12.5 Å². The first-order valence-corrected chi connectivity index (χ1v) is 3.47. The van der Waals surface area contributed by atoms with Gasteiger partial charge in [-0.05, 0) is 27.3 Å². The molecule has 60 valence electrons. The van der Waals surface area contributed by atoms with Crippen molar-refractivity contribution in [3.05, 3.63) is 0 Å². The Hall–Kier alpha value is -0.570. The van der Waals surface area contributed by atoms with Gasteiger partial charge in [-0.2, -0.15) is 0 Å². The third-order valence-corrected chi connectivity index (χ3v) is 1.47. The molecule has 0 aromatic carbocycles. The lowest BCUT2D eigenvalue weighted by atomic mass is 10.2. The van der Waals surface area contributed by atoms with Crippen molar-refractivity contribution in [2.75, 3.05) is 7.05 Å². The van der Waals surface area contributed by atoms with E-state index in [2.05, 4.69) is 5.32 Å². The zero-order chi connectivity index (χ0) is 7.98. The van der Waals surface area contributed by atoms with Gasteiger partial charge in [0.1, 0.15) is 6.10 Å². The molecule has 0 heterocycles. The SMILES string of the molecule is CNC(C)CC(C)OC=O. The van der Waals surface area contributed by atoms with E-state index < -0.39 is 0 Å². The van der Waals surface area contributed by atoms with Crippen molar-refractivity contribution < 1.29 is 9.53 Å². The Morgan fingerprint density at radius 3 is 2.60 bits per heavy atom. The maximum Gasteiger partial charge on any atom is 0.293 e. The van der Waals surface area contributed by atoms with Gasteiger partial charge in [-0.15, -0.1) is 0 Å². The summed E-state index contributed by atoms with van der Waals surface area (Å²) in [5.74, 6) is 0. The van der Waals surface area contributed by atoms with Gasteiger partial charge < -0.3 is 10.1 Å². The van der Waals surface area contributed by atoms with Crippen molar-refractivity contribution in [3.8, 4) is 0 Å². The third kappa shape index (κ3) is 4.32. The molecule has 0 radical (unpaired) electrons. The monoisotopic (exact) mass is 145 g/mol. The largest absolute Gasteiger partial charge is 0.465 e. The van der Waals surface area contributed by atoms with Crippen LogP contribution in [0.5, 0.6) is 0 Å². The minimum absolute atomic E-state index is 0.0138. The number of carbonyl (C=O) groups is 1. The molecule has 2 atom stereocenters. The summed E-state index contributed by atoms with van der Waals surface area (Å²) >= 11 is 0. The fraction of sp³-hybridized carbons (Fsp3) is 0.857. The van der Waals surface area contributed by atoms with Crippen LogP contribution in [0.1, 0.15) is 20.3 Å². The van der Waals surface area contributed by atoms with Gasteiger partial charge in [0.15, 0.2) is 0 Å². The number of carbonyl (C=O) groups excluding carboxylic acids is 1. The number of nitrogens with one attached hydrogen (secondary N) is 1. The van der Waals surface area contributed by atoms with Gasteiger partial charge >= 0.3 is 0 Å². The van der Waals surface area contributed by atoms with Gasteiger partial charge in [-0.25, -0.2) is 0 Å². The summed E-state index contributed by atoms with van der Waals surface area (Å²) in [4.78, 5) is 9.84. The lowest BCUT2D eigenvalue weighted by Gasteiger charge is -2.14. The van der Waals surface area contributed by atoms with Gasteiger partial charge in [0.05, 0.1) is 0 Å². The van der Waals surface area contributed by atoms with Crippen LogP contribution in [0.15, 0.2) is 0 Å². The second-order valence-corrected chi connectivity index (χ2v) is 2.47. The molecule has 0 aliphatic rings. The molecule has 10 heavy (non-hydrogen) atoms. The first-order chi connectivity index (χ1) is 4.70. The maximum absolute atomic E-state index is 9.84. The van der Waals surface area contributed by atoms with Gasteiger partial charge in [-0.1, -0.05) is 0 Å². The lowest BCUT2D eigenvalue weighted by molar-refractivity contribution is -0.133. The Bertz CT molecular complexity index is 95.6. The zero-order valence-electron chi connectivity index (χ0n) is 6.76.